The van der Waals surface area contributed by atoms with Crippen molar-refractivity contribution in [3.05, 3.63) is 29.8 Å². The van der Waals surface area contributed by atoms with Crippen molar-refractivity contribution in [1.29, 1.82) is 0 Å². The van der Waals surface area contributed by atoms with Crippen LogP contribution in [-0.4, -0.2) is 49.2 Å². The van der Waals surface area contributed by atoms with E-state index >= 15 is 0 Å². The molecule has 3 N–H and O–H groups in total. The highest BCUT2D eigenvalue weighted by Gasteiger charge is 2.16. The van der Waals surface area contributed by atoms with Crippen LogP contribution < -0.4 is 16.0 Å². The zero-order chi connectivity index (χ0) is 21.9. The van der Waals surface area contributed by atoms with Gasteiger partial charge in [0, 0.05) is 30.8 Å². The van der Waals surface area contributed by atoms with E-state index in [1.54, 1.807) is 39.0 Å². The second-order valence-electron chi connectivity index (χ2n) is 7.18. The van der Waals surface area contributed by atoms with Crippen molar-refractivity contribution in [3.8, 4) is 0 Å². The molecular formula is C20H29N3O6. The molecule has 0 unspecified atom stereocenters. The van der Waals surface area contributed by atoms with Gasteiger partial charge in [0.25, 0.3) is 11.8 Å². The number of hydrogen-bond acceptors (Lipinski definition) is 6. The molecule has 0 saturated carbocycles. The first-order chi connectivity index (χ1) is 13.6. The van der Waals surface area contributed by atoms with Crippen LogP contribution in [0.4, 0.5) is 10.5 Å². The van der Waals surface area contributed by atoms with Crippen molar-refractivity contribution in [2.24, 2.45) is 0 Å². The molecule has 0 atom stereocenters. The molecule has 160 valence electrons. The van der Waals surface area contributed by atoms with Crippen LogP contribution in [0.5, 0.6) is 0 Å². The number of ether oxygens (including phenoxy) is 2. The highest BCUT2D eigenvalue weighted by molar-refractivity contribution is 5.97. The summed E-state index contributed by atoms with van der Waals surface area (Å²) in [5, 5.41) is 7.77. The van der Waals surface area contributed by atoms with E-state index in [0.29, 0.717) is 24.2 Å². The number of carbonyl (C=O) groups is 4. The Kier molecular flexibility index (Phi) is 9.64. The van der Waals surface area contributed by atoms with E-state index in [9.17, 15) is 19.2 Å². The van der Waals surface area contributed by atoms with Gasteiger partial charge in [-0.1, -0.05) is 6.07 Å². The fourth-order valence-electron chi connectivity index (χ4n) is 2.15. The lowest BCUT2D eigenvalue weighted by molar-refractivity contribution is -0.147. The summed E-state index contributed by atoms with van der Waals surface area (Å²) in [4.78, 5) is 46.9. The molecule has 9 heteroatoms. The Hall–Kier alpha value is -3.10. The molecule has 0 aromatic heterocycles. The third kappa shape index (κ3) is 10.7. The number of esters is 1. The van der Waals surface area contributed by atoms with Crippen LogP contribution in [0.15, 0.2) is 24.3 Å². The van der Waals surface area contributed by atoms with Crippen LogP contribution >= 0.6 is 0 Å². The number of anilines is 1. The van der Waals surface area contributed by atoms with Gasteiger partial charge in [0.15, 0.2) is 6.61 Å². The van der Waals surface area contributed by atoms with E-state index in [4.69, 9.17) is 9.47 Å². The third-order valence-electron chi connectivity index (χ3n) is 3.34. The van der Waals surface area contributed by atoms with Gasteiger partial charge in [-0.2, -0.15) is 0 Å². The summed E-state index contributed by atoms with van der Waals surface area (Å²) in [5.74, 6) is -1.31. The minimum Gasteiger partial charge on any atom is -0.456 e. The summed E-state index contributed by atoms with van der Waals surface area (Å²) in [7, 11) is 0. The minimum absolute atomic E-state index is 0.0513. The number of rotatable bonds is 9. The summed E-state index contributed by atoms with van der Waals surface area (Å²) in [6.45, 7) is 7.39. The normalized spacial score (nSPS) is 10.6. The second kappa shape index (κ2) is 11.7. The molecule has 0 aliphatic rings. The molecule has 0 heterocycles. The van der Waals surface area contributed by atoms with E-state index < -0.39 is 30.2 Å². The van der Waals surface area contributed by atoms with Crippen LogP contribution in [0.1, 0.15) is 50.9 Å². The Labute approximate surface area is 170 Å². The standard InChI is InChI=1S/C20H29N3O6/c1-5-21-18(26)14-8-6-9-15(12-14)23-16(24)13-28-17(25)10-7-11-22-19(27)29-20(2,3)4/h6,8-9,12H,5,7,10-11,13H2,1-4H3,(H,21,26)(H,22,27)(H,23,24). The van der Waals surface area contributed by atoms with Gasteiger partial charge < -0.3 is 25.4 Å². The SMILES string of the molecule is CCNC(=O)c1cccc(NC(=O)COC(=O)CCCNC(=O)OC(C)(C)C)c1. The minimum atomic E-state index is -0.588. The van der Waals surface area contributed by atoms with Crippen molar-refractivity contribution in [2.75, 3.05) is 25.0 Å². The Morgan fingerprint density at radius 1 is 1.07 bits per heavy atom. The Morgan fingerprint density at radius 3 is 2.45 bits per heavy atom. The maximum Gasteiger partial charge on any atom is 0.407 e. The van der Waals surface area contributed by atoms with Gasteiger partial charge in [0.1, 0.15) is 5.60 Å². The van der Waals surface area contributed by atoms with E-state index in [1.807, 2.05) is 6.92 Å². The first kappa shape index (κ1) is 23.9. The first-order valence-corrected chi connectivity index (χ1v) is 9.41. The molecule has 0 aliphatic carbocycles. The van der Waals surface area contributed by atoms with Crippen LogP contribution in [0.3, 0.4) is 0 Å². The van der Waals surface area contributed by atoms with Crippen molar-refractivity contribution < 1.29 is 28.7 Å². The largest absolute Gasteiger partial charge is 0.456 e. The summed E-state index contributed by atoms with van der Waals surface area (Å²) in [6, 6.07) is 6.44. The molecule has 0 spiro atoms. The molecule has 1 aromatic carbocycles. The van der Waals surface area contributed by atoms with Crippen molar-refractivity contribution in [3.63, 3.8) is 0 Å². The van der Waals surface area contributed by atoms with E-state index in [2.05, 4.69) is 16.0 Å². The zero-order valence-electron chi connectivity index (χ0n) is 17.3. The molecule has 9 nitrogen and oxygen atoms in total. The molecular weight excluding hydrogens is 378 g/mol. The van der Waals surface area contributed by atoms with Crippen molar-refractivity contribution >= 4 is 29.6 Å². The second-order valence-corrected chi connectivity index (χ2v) is 7.18. The quantitative estimate of drug-likeness (QED) is 0.426. The van der Waals surface area contributed by atoms with Crippen LogP contribution in [0.25, 0.3) is 0 Å². The molecule has 1 aromatic rings. The first-order valence-electron chi connectivity index (χ1n) is 9.41. The third-order valence-corrected chi connectivity index (χ3v) is 3.34. The molecule has 3 amide bonds. The fraction of sp³-hybridized carbons (Fsp3) is 0.500. The number of alkyl carbamates (subject to hydrolysis) is 1. The molecule has 0 bridgehead atoms. The predicted octanol–water partition coefficient (Wildman–Crippen LogP) is 2.22. The highest BCUT2D eigenvalue weighted by Crippen LogP contribution is 2.11. The van der Waals surface area contributed by atoms with Gasteiger partial charge in [0.2, 0.25) is 0 Å². The lowest BCUT2D eigenvalue weighted by atomic mass is 10.2. The molecule has 0 aliphatic heterocycles. The Balaban J connectivity index is 2.29. The maximum absolute atomic E-state index is 11.9. The van der Waals surface area contributed by atoms with Gasteiger partial charge in [-0.3, -0.25) is 14.4 Å². The van der Waals surface area contributed by atoms with E-state index in [-0.39, 0.29) is 18.9 Å². The van der Waals surface area contributed by atoms with Gasteiger partial charge in [-0.15, -0.1) is 0 Å². The summed E-state index contributed by atoms with van der Waals surface area (Å²) in [6.07, 6.45) is -0.149. The van der Waals surface area contributed by atoms with Gasteiger partial charge in [0.05, 0.1) is 0 Å². The summed E-state index contributed by atoms with van der Waals surface area (Å²) >= 11 is 0. The van der Waals surface area contributed by atoms with E-state index in [1.165, 1.54) is 6.07 Å². The van der Waals surface area contributed by atoms with E-state index in [0.717, 1.165) is 0 Å². The van der Waals surface area contributed by atoms with Crippen LogP contribution in [0.2, 0.25) is 0 Å². The lowest BCUT2D eigenvalue weighted by Crippen LogP contribution is -2.33. The molecule has 29 heavy (non-hydrogen) atoms. The molecule has 1 rings (SSSR count). The smallest absolute Gasteiger partial charge is 0.407 e. The highest BCUT2D eigenvalue weighted by atomic mass is 16.6. The Bertz CT molecular complexity index is 727. The number of benzene rings is 1. The van der Waals surface area contributed by atoms with Crippen LogP contribution in [0, 0.1) is 0 Å². The molecule has 0 radical (unpaired) electrons. The average molecular weight is 407 g/mol. The van der Waals surface area contributed by atoms with Crippen molar-refractivity contribution in [1.82, 2.24) is 10.6 Å². The predicted molar refractivity (Wildman–Crippen MR) is 108 cm³/mol. The topological polar surface area (TPSA) is 123 Å². The molecule has 0 fully saturated rings. The summed E-state index contributed by atoms with van der Waals surface area (Å²) < 4.78 is 9.98. The monoisotopic (exact) mass is 407 g/mol. The summed E-state index contributed by atoms with van der Waals surface area (Å²) in [5.41, 5.74) is 0.255. The zero-order valence-corrected chi connectivity index (χ0v) is 17.3. The van der Waals surface area contributed by atoms with Crippen molar-refractivity contribution in [2.45, 2.75) is 46.1 Å². The van der Waals surface area contributed by atoms with Gasteiger partial charge >= 0.3 is 12.1 Å². The number of carbonyl (C=O) groups excluding carboxylic acids is 4. The maximum atomic E-state index is 11.9. The number of hydrogen-bond donors (Lipinski definition) is 3. The number of amides is 3. The molecule has 0 saturated heterocycles. The average Bonchev–Trinajstić information content (AvgIpc) is 2.62. The van der Waals surface area contributed by atoms with Gasteiger partial charge in [-0.05, 0) is 52.3 Å². The number of nitrogens with one attached hydrogen (secondary N) is 3. The lowest BCUT2D eigenvalue weighted by Gasteiger charge is -2.19. The fourth-order valence-corrected chi connectivity index (χ4v) is 2.15. The Morgan fingerprint density at radius 2 is 1.79 bits per heavy atom. The van der Waals surface area contributed by atoms with Gasteiger partial charge in [-0.25, -0.2) is 4.79 Å². The van der Waals surface area contributed by atoms with Crippen LogP contribution in [-0.2, 0) is 19.1 Å².